The van der Waals surface area contributed by atoms with Crippen molar-refractivity contribution in [3.8, 4) is 0 Å². The van der Waals surface area contributed by atoms with E-state index in [1.54, 1.807) is 0 Å². The molecular formula is C21H22N4O. The van der Waals surface area contributed by atoms with Crippen molar-refractivity contribution in [2.45, 2.75) is 32.2 Å². The summed E-state index contributed by atoms with van der Waals surface area (Å²) in [5, 5.41) is 9.72. The van der Waals surface area contributed by atoms with Crippen LogP contribution in [-0.2, 0) is 6.54 Å². The molecule has 1 N–H and O–H groups in total. The maximum atomic E-state index is 6.17. The van der Waals surface area contributed by atoms with Gasteiger partial charge in [-0.25, -0.2) is 4.98 Å². The third-order valence-corrected chi connectivity index (χ3v) is 5.45. The second-order valence-electron chi connectivity index (χ2n) is 7.22. The summed E-state index contributed by atoms with van der Waals surface area (Å²) in [5.74, 6) is 2.35. The highest BCUT2D eigenvalue weighted by atomic mass is 16.3. The molecule has 0 atom stereocenters. The Hall–Kier alpha value is -2.66. The summed E-state index contributed by atoms with van der Waals surface area (Å²) in [7, 11) is 0. The first kappa shape index (κ1) is 15.6. The molecule has 26 heavy (non-hydrogen) atoms. The van der Waals surface area contributed by atoms with Crippen LogP contribution >= 0.6 is 0 Å². The molecule has 132 valence electrons. The van der Waals surface area contributed by atoms with E-state index in [0.717, 1.165) is 55.3 Å². The minimum absolute atomic E-state index is 0.471. The second-order valence-corrected chi connectivity index (χ2v) is 7.22. The van der Waals surface area contributed by atoms with Crippen LogP contribution in [0.2, 0.25) is 0 Å². The highest BCUT2D eigenvalue weighted by Crippen LogP contribution is 2.32. The molecule has 5 nitrogen and oxygen atoms in total. The van der Waals surface area contributed by atoms with Gasteiger partial charge in [0.15, 0.2) is 5.82 Å². The fraction of sp³-hybridized carbons (Fsp3) is 0.333. The largest absolute Gasteiger partial charge is 0.456 e. The van der Waals surface area contributed by atoms with Crippen molar-refractivity contribution >= 4 is 21.9 Å². The van der Waals surface area contributed by atoms with Gasteiger partial charge in [-0.1, -0.05) is 36.4 Å². The Bertz CT molecular complexity index is 1060. The molecule has 1 aliphatic rings. The normalized spacial score (nSPS) is 16.7. The van der Waals surface area contributed by atoms with E-state index in [0.29, 0.717) is 5.92 Å². The third-order valence-electron chi connectivity index (χ3n) is 5.45. The molecule has 5 rings (SSSR count). The van der Waals surface area contributed by atoms with Gasteiger partial charge >= 0.3 is 0 Å². The summed E-state index contributed by atoms with van der Waals surface area (Å²) in [4.78, 5) is 7.02. The van der Waals surface area contributed by atoms with Crippen molar-refractivity contribution in [1.82, 2.24) is 20.1 Å². The van der Waals surface area contributed by atoms with Crippen LogP contribution in [0.1, 0.15) is 36.0 Å². The van der Waals surface area contributed by atoms with Crippen molar-refractivity contribution in [2.75, 3.05) is 13.1 Å². The summed E-state index contributed by atoms with van der Waals surface area (Å²) >= 11 is 0. The Kier molecular flexibility index (Phi) is 3.75. The summed E-state index contributed by atoms with van der Waals surface area (Å²) in [6.07, 6.45) is 2.21. The molecule has 2 aromatic carbocycles. The van der Waals surface area contributed by atoms with Crippen molar-refractivity contribution in [3.05, 3.63) is 59.7 Å². The molecule has 1 saturated heterocycles. The Labute approximate surface area is 152 Å². The van der Waals surface area contributed by atoms with Gasteiger partial charge in [0.05, 0.1) is 0 Å². The number of aryl methyl sites for hydroxylation is 1. The Morgan fingerprint density at radius 2 is 1.88 bits per heavy atom. The minimum atomic E-state index is 0.471. The van der Waals surface area contributed by atoms with Crippen LogP contribution in [0, 0.1) is 6.92 Å². The SMILES string of the molecule is Cc1nc(C2CCN(Cc3cccc4c3oc3ccccc34)CC2)n[nH]1. The summed E-state index contributed by atoms with van der Waals surface area (Å²) < 4.78 is 6.17. The molecule has 1 fully saturated rings. The molecule has 0 amide bonds. The monoisotopic (exact) mass is 346 g/mol. The number of likely N-dealkylation sites (tertiary alicyclic amines) is 1. The first-order chi connectivity index (χ1) is 12.8. The van der Waals surface area contributed by atoms with E-state index in [4.69, 9.17) is 4.42 Å². The van der Waals surface area contributed by atoms with Gasteiger partial charge in [-0.2, -0.15) is 5.10 Å². The zero-order valence-electron chi connectivity index (χ0n) is 14.9. The van der Waals surface area contributed by atoms with Crippen LogP contribution in [-0.4, -0.2) is 33.2 Å². The van der Waals surface area contributed by atoms with Crippen LogP contribution in [0.3, 0.4) is 0 Å². The standard InChI is InChI=1S/C21H22N4O/c1-14-22-21(24-23-14)15-9-11-25(12-10-15)13-16-5-4-7-18-17-6-2-3-8-19(17)26-20(16)18/h2-8,15H,9-13H2,1H3,(H,22,23,24). The first-order valence-electron chi connectivity index (χ1n) is 9.28. The van der Waals surface area contributed by atoms with Crippen LogP contribution in [0.25, 0.3) is 21.9 Å². The van der Waals surface area contributed by atoms with Gasteiger partial charge in [0, 0.05) is 28.8 Å². The number of nitrogens with one attached hydrogen (secondary N) is 1. The number of fused-ring (bicyclic) bond motifs is 3. The maximum Gasteiger partial charge on any atom is 0.153 e. The van der Waals surface area contributed by atoms with Gasteiger partial charge in [0.1, 0.15) is 17.0 Å². The van der Waals surface area contributed by atoms with Crippen LogP contribution < -0.4 is 0 Å². The predicted molar refractivity (Wildman–Crippen MR) is 102 cm³/mol. The molecule has 2 aromatic heterocycles. The lowest BCUT2D eigenvalue weighted by Crippen LogP contribution is -2.32. The molecule has 4 aromatic rings. The molecule has 3 heterocycles. The van der Waals surface area contributed by atoms with Crippen LogP contribution in [0.5, 0.6) is 0 Å². The Morgan fingerprint density at radius 3 is 2.69 bits per heavy atom. The zero-order chi connectivity index (χ0) is 17.5. The van der Waals surface area contributed by atoms with Gasteiger partial charge in [-0.15, -0.1) is 0 Å². The quantitative estimate of drug-likeness (QED) is 0.598. The van der Waals surface area contributed by atoms with E-state index in [-0.39, 0.29) is 0 Å². The van der Waals surface area contributed by atoms with Gasteiger partial charge in [0.25, 0.3) is 0 Å². The number of nitrogens with zero attached hydrogens (tertiary/aromatic N) is 3. The highest BCUT2D eigenvalue weighted by Gasteiger charge is 2.24. The van der Waals surface area contributed by atoms with Crippen LogP contribution in [0.15, 0.2) is 46.9 Å². The van der Waals surface area contributed by atoms with Gasteiger partial charge in [0.2, 0.25) is 0 Å². The zero-order valence-corrected chi connectivity index (χ0v) is 14.9. The summed E-state index contributed by atoms with van der Waals surface area (Å²) in [6.45, 7) is 5.01. The van der Waals surface area contributed by atoms with E-state index in [9.17, 15) is 0 Å². The molecule has 0 unspecified atom stereocenters. The number of hydrogen-bond donors (Lipinski definition) is 1. The van der Waals surface area contributed by atoms with Crippen molar-refractivity contribution < 1.29 is 4.42 Å². The number of rotatable bonds is 3. The molecular weight excluding hydrogens is 324 g/mol. The lowest BCUT2D eigenvalue weighted by atomic mass is 9.95. The lowest BCUT2D eigenvalue weighted by molar-refractivity contribution is 0.202. The molecule has 1 aliphatic heterocycles. The van der Waals surface area contributed by atoms with Crippen molar-refractivity contribution in [3.63, 3.8) is 0 Å². The van der Waals surface area contributed by atoms with E-state index in [1.165, 1.54) is 16.3 Å². The van der Waals surface area contributed by atoms with Crippen molar-refractivity contribution in [2.24, 2.45) is 0 Å². The topological polar surface area (TPSA) is 58.0 Å². The first-order valence-corrected chi connectivity index (χ1v) is 9.28. The number of H-pyrrole nitrogens is 1. The second kappa shape index (κ2) is 6.25. The number of aromatic nitrogens is 3. The maximum absolute atomic E-state index is 6.17. The van der Waals surface area contributed by atoms with Gasteiger partial charge in [-0.05, 0) is 38.9 Å². The predicted octanol–water partition coefficient (Wildman–Crippen LogP) is 4.39. The number of benzene rings is 2. The average molecular weight is 346 g/mol. The molecule has 0 radical (unpaired) electrons. The third kappa shape index (κ3) is 2.69. The van der Waals surface area contributed by atoms with Crippen molar-refractivity contribution in [1.29, 1.82) is 0 Å². The minimum Gasteiger partial charge on any atom is -0.456 e. The molecule has 5 heteroatoms. The number of para-hydroxylation sites is 2. The molecule has 0 bridgehead atoms. The average Bonchev–Trinajstić information content (AvgIpc) is 3.27. The molecule has 0 spiro atoms. The summed E-state index contributed by atoms with van der Waals surface area (Å²) in [5.41, 5.74) is 3.26. The highest BCUT2D eigenvalue weighted by molar-refractivity contribution is 6.05. The smallest absolute Gasteiger partial charge is 0.153 e. The van der Waals surface area contributed by atoms with E-state index in [1.807, 2.05) is 19.1 Å². The van der Waals surface area contributed by atoms with E-state index >= 15 is 0 Å². The Balaban J connectivity index is 1.36. The summed E-state index contributed by atoms with van der Waals surface area (Å²) in [6, 6.07) is 14.8. The molecule has 0 saturated carbocycles. The fourth-order valence-electron chi connectivity index (χ4n) is 4.06. The lowest BCUT2D eigenvalue weighted by Gasteiger charge is -2.30. The van der Waals surface area contributed by atoms with Crippen LogP contribution in [0.4, 0.5) is 0 Å². The Morgan fingerprint density at radius 1 is 1.08 bits per heavy atom. The molecule has 0 aliphatic carbocycles. The van der Waals surface area contributed by atoms with Gasteiger partial charge in [-0.3, -0.25) is 10.00 Å². The number of aromatic amines is 1. The number of furan rings is 1. The van der Waals surface area contributed by atoms with E-state index < -0.39 is 0 Å². The van der Waals surface area contributed by atoms with Gasteiger partial charge < -0.3 is 4.42 Å². The van der Waals surface area contributed by atoms with E-state index in [2.05, 4.69) is 50.4 Å². The fourth-order valence-corrected chi connectivity index (χ4v) is 4.06. The number of hydrogen-bond acceptors (Lipinski definition) is 4. The number of piperidine rings is 1.